The molecule has 1 saturated heterocycles. The third-order valence-electron chi connectivity index (χ3n) is 3.49. The molecule has 1 fully saturated rings. The number of nitrogens with one attached hydrogen (secondary N) is 1. The minimum absolute atomic E-state index is 0.700. The van der Waals surface area contributed by atoms with Crippen LogP contribution in [0.3, 0.4) is 0 Å². The van der Waals surface area contributed by atoms with E-state index >= 15 is 0 Å². The summed E-state index contributed by atoms with van der Waals surface area (Å²) in [5.41, 5.74) is 1.25. The Morgan fingerprint density at radius 2 is 2.35 bits per heavy atom. The van der Waals surface area contributed by atoms with Crippen molar-refractivity contribution in [2.45, 2.75) is 45.5 Å². The minimum Gasteiger partial charge on any atom is -0.310 e. The summed E-state index contributed by atoms with van der Waals surface area (Å²) >= 11 is 3.92. The lowest BCUT2D eigenvalue weighted by Crippen LogP contribution is -2.37. The molecule has 1 aliphatic rings. The van der Waals surface area contributed by atoms with E-state index in [1.807, 2.05) is 0 Å². The maximum absolute atomic E-state index is 4.76. The fraction of sp³-hybridized carbons (Fsp3) is 0.800. The fourth-order valence-corrected chi connectivity index (χ4v) is 4.37. The molecule has 20 heavy (non-hydrogen) atoms. The molecule has 0 aliphatic carbocycles. The lowest BCUT2D eigenvalue weighted by molar-refractivity contribution is 0.270. The third-order valence-corrected chi connectivity index (χ3v) is 5.76. The number of rotatable bonds is 7. The molecule has 0 bridgehead atoms. The van der Waals surface area contributed by atoms with Crippen molar-refractivity contribution >= 4 is 23.1 Å². The van der Waals surface area contributed by atoms with Crippen molar-refractivity contribution in [2.24, 2.45) is 5.92 Å². The first-order valence-corrected chi connectivity index (χ1v) is 9.58. The van der Waals surface area contributed by atoms with Gasteiger partial charge in [-0.2, -0.15) is 11.8 Å². The summed E-state index contributed by atoms with van der Waals surface area (Å²) in [5.74, 6) is 1.97. The van der Waals surface area contributed by atoms with Crippen LogP contribution in [0.25, 0.3) is 0 Å². The van der Waals surface area contributed by atoms with Gasteiger partial charge in [0.1, 0.15) is 5.01 Å². The molecule has 114 valence electrons. The standard InChI is InChI=1S/C15H27N3S2/c1-4-14-10-18(5-6-19-14)9-13-11-20-15(17-13)8-16-7-12(2)3/h11-12,14,16H,4-10H2,1-3H3. The van der Waals surface area contributed by atoms with E-state index in [2.05, 4.69) is 48.1 Å². The van der Waals surface area contributed by atoms with Crippen LogP contribution in [0.5, 0.6) is 0 Å². The van der Waals surface area contributed by atoms with Gasteiger partial charge in [0.05, 0.1) is 5.69 Å². The second-order valence-electron chi connectivity index (χ2n) is 5.89. The van der Waals surface area contributed by atoms with Gasteiger partial charge in [-0.05, 0) is 18.9 Å². The number of thiazole rings is 1. The van der Waals surface area contributed by atoms with Gasteiger partial charge in [-0.25, -0.2) is 4.98 Å². The van der Waals surface area contributed by atoms with Crippen molar-refractivity contribution in [1.82, 2.24) is 15.2 Å². The maximum atomic E-state index is 4.76. The second-order valence-corrected chi connectivity index (χ2v) is 8.24. The highest BCUT2D eigenvalue weighted by Gasteiger charge is 2.19. The van der Waals surface area contributed by atoms with E-state index in [0.717, 1.165) is 24.9 Å². The van der Waals surface area contributed by atoms with E-state index in [9.17, 15) is 0 Å². The first kappa shape index (κ1) is 16.3. The number of nitrogens with zero attached hydrogens (tertiary/aromatic N) is 2. The van der Waals surface area contributed by atoms with Gasteiger partial charge in [0.15, 0.2) is 0 Å². The van der Waals surface area contributed by atoms with E-state index in [0.29, 0.717) is 5.92 Å². The van der Waals surface area contributed by atoms with Gasteiger partial charge >= 0.3 is 0 Å². The highest BCUT2D eigenvalue weighted by atomic mass is 32.2. The monoisotopic (exact) mass is 313 g/mol. The van der Waals surface area contributed by atoms with Crippen LogP contribution in [0.2, 0.25) is 0 Å². The molecule has 5 heteroatoms. The molecule has 2 heterocycles. The second kappa shape index (κ2) is 8.37. The fourth-order valence-electron chi connectivity index (χ4n) is 2.37. The molecule has 1 unspecified atom stereocenters. The Balaban J connectivity index is 1.77. The van der Waals surface area contributed by atoms with E-state index in [-0.39, 0.29) is 0 Å². The largest absolute Gasteiger partial charge is 0.310 e. The van der Waals surface area contributed by atoms with Crippen molar-refractivity contribution < 1.29 is 0 Å². The lowest BCUT2D eigenvalue weighted by atomic mass is 10.2. The number of hydrogen-bond acceptors (Lipinski definition) is 5. The van der Waals surface area contributed by atoms with Crippen LogP contribution in [0, 0.1) is 5.92 Å². The zero-order valence-corrected chi connectivity index (χ0v) is 14.5. The molecular weight excluding hydrogens is 286 g/mol. The van der Waals surface area contributed by atoms with Crippen LogP contribution in [0.1, 0.15) is 37.9 Å². The van der Waals surface area contributed by atoms with Crippen molar-refractivity contribution in [2.75, 3.05) is 25.4 Å². The van der Waals surface area contributed by atoms with Gasteiger partial charge in [0, 0.05) is 42.6 Å². The van der Waals surface area contributed by atoms with Gasteiger partial charge in [-0.15, -0.1) is 11.3 Å². The minimum atomic E-state index is 0.700. The molecule has 0 spiro atoms. The smallest absolute Gasteiger partial charge is 0.107 e. The Bertz CT molecular complexity index is 392. The molecule has 1 N–H and O–H groups in total. The Morgan fingerprint density at radius 1 is 1.50 bits per heavy atom. The van der Waals surface area contributed by atoms with Crippen LogP contribution in [0.4, 0.5) is 0 Å². The summed E-state index contributed by atoms with van der Waals surface area (Å²) in [4.78, 5) is 7.32. The quantitative estimate of drug-likeness (QED) is 0.836. The SMILES string of the molecule is CCC1CN(Cc2csc(CNCC(C)C)n2)CCS1. The van der Waals surface area contributed by atoms with E-state index in [1.165, 1.54) is 36.0 Å². The van der Waals surface area contributed by atoms with E-state index in [4.69, 9.17) is 4.98 Å². The Labute approximate surface area is 131 Å². The van der Waals surface area contributed by atoms with Crippen molar-refractivity contribution in [3.63, 3.8) is 0 Å². The number of aromatic nitrogens is 1. The van der Waals surface area contributed by atoms with Crippen LogP contribution in [-0.2, 0) is 13.1 Å². The van der Waals surface area contributed by atoms with Crippen molar-refractivity contribution in [3.8, 4) is 0 Å². The van der Waals surface area contributed by atoms with E-state index in [1.54, 1.807) is 11.3 Å². The van der Waals surface area contributed by atoms with Gasteiger partial charge in [0.25, 0.3) is 0 Å². The summed E-state index contributed by atoms with van der Waals surface area (Å²) < 4.78 is 0. The molecule has 0 radical (unpaired) electrons. The molecular formula is C15H27N3S2. The van der Waals surface area contributed by atoms with Gasteiger partial charge < -0.3 is 5.32 Å². The summed E-state index contributed by atoms with van der Waals surface area (Å²) in [7, 11) is 0. The Hall–Kier alpha value is -0.100. The normalized spacial score (nSPS) is 20.7. The highest BCUT2D eigenvalue weighted by molar-refractivity contribution is 8.00. The molecule has 1 atom stereocenters. The van der Waals surface area contributed by atoms with Crippen molar-refractivity contribution in [3.05, 3.63) is 16.1 Å². The zero-order chi connectivity index (χ0) is 14.4. The maximum Gasteiger partial charge on any atom is 0.107 e. The third kappa shape index (κ3) is 5.35. The van der Waals surface area contributed by atoms with Crippen LogP contribution in [0.15, 0.2) is 5.38 Å². The van der Waals surface area contributed by atoms with Crippen LogP contribution >= 0.6 is 23.1 Å². The first-order chi connectivity index (χ1) is 9.67. The molecule has 1 aromatic heterocycles. The summed E-state index contributed by atoms with van der Waals surface area (Å²) in [6.45, 7) is 12.2. The average Bonchev–Trinajstić information content (AvgIpc) is 2.86. The molecule has 0 saturated carbocycles. The summed E-state index contributed by atoms with van der Waals surface area (Å²) in [5, 5.41) is 7.73. The predicted octanol–water partition coefficient (Wildman–Crippen LogP) is 3.22. The zero-order valence-electron chi connectivity index (χ0n) is 12.9. The average molecular weight is 314 g/mol. The van der Waals surface area contributed by atoms with Crippen LogP contribution < -0.4 is 5.32 Å². The highest BCUT2D eigenvalue weighted by Crippen LogP contribution is 2.22. The number of thioether (sulfide) groups is 1. The first-order valence-electron chi connectivity index (χ1n) is 7.65. The number of hydrogen-bond donors (Lipinski definition) is 1. The Morgan fingerprint density at radius 3 is 3.10 bits per heavy atom. The van der Waals surface area contributed by atoms with E-state index < -0.39 is 0 Å². The summed E-state index contributed by atoms with van der Waals surface area (Å²) in [6, 6.07) is 0. The lowest BCUT2D eigenvalue weighted by Gasteiger charge is -2.31. The predicted molar refractivity (Wildman–Crippen MR) is 90.5 cm³/mol. The molecule has 2 rings (SSSR count). The molecule has 0 aromatic carbocycles. The van der Waals surface area contributed by atoms with Crippen molar-refractivity contribution in [1.29, 1.82) is 0 Å². The molecule has 0 amide bonds. The topological polar surface area (TPSA) is 28.2 Å². The van der Waals surface area contributed by atoms with Gasteiger partial charge in [-0.3, -0.25) is 4.90 Å². The van der Waals surface area contributed by atoms with Gasteiger partial charge in [-0.1, -0.05) is 20.8 Å². The Kier molecular flexibility index (Phi) is 6.81. The summed E-state index contributed by atoms with van der Waals surface area (Å²) in [6.07, 6.45) is 1.28. The van der Waals surface area contributed by atoms with Crippen LogP contribution in [-0.4, -0.2) is 40.5 Å². The van der Waals surface area contributed by atoms with Gasteiger partial charge in [0.2, 0.25) is 0 Å². The molecule has 1 aliphatic heterocycles. The molecule has 1 aromatic rings. The molecule has 3 nitrogen and oxygen atoms in total.